The summed E-state index contributed by atoms with van der Waals surface area (Å²) in [5.74, 6) is 0.542. The van der Waals surface area contributed by atoms with E-state index in [1.165, 1.54) is 16.9 Å². The van der Waals surface area contributed by atoms with Crippen LogP contribution in [0.1, 0.15) is 27.0 Å². The SMILES string of the molecule is Cc1ccc(Nc2nc(-c3ccc(C(=O)N/N=C\c4cc(I)c(OCc5ccc(Br)cc5)c(I)c4)cc3)cs2)cc1. The molecule has 0 radical (unpaired) electrons. The minimum absolute atomic E-state index is 0.286. The Bertz CT molecular complexity index is 1670. The number of benzene rings is 4. The first kappa shape index (κ1) is 29.7. The molecule has 41 heavy (non-hydrogen) atoms. The number of aromatic nitrogens is 1. The molecule has 0 aliphatic heterocycles. The Hall–Kier alpha value is -2.81. The van der Waals surface area contributed by atoms with E-state index in [4.69, 9.17) is 4.74 Å². The Morgan fingerprint density at radius 2 is 1.68 bits per heavy atom. The van der Waals surface area contributed by atoms with Gasteiger partial charge in [-0.3, -0.25) is 4.79 Å². The maximum atomic E-state index is 12.7. The van der Waals surface area contributed by atoms with E-state index in [1.807, 2.05) is 66.0 Å². The zero-order valence-electron chi connectivity index (χ0n) is 21.7. The monoisotopic (exact) mass is 848 g/mol. The predicted molar refractivity (Wildman–Crippen MR) is 187 cm³/mol. The van der Waals surface area contributed by atoms with Gasteiger partial charge in [0.25, 0.3) is 5.91 Å². The van der Waals surface area contributed by atoms with Gasteiger partial charge in [-0.1, -0.05) is 57.9 Å². The highest BCUT2D eigenvalue weighted by molar-refractivity contribution is 14.1. The second-order valence-corrected chi connectivity index (χ2v) is 13.1. The van der Waals surface area contributed by atoms with Gasteiger partial charge in [-0.15, -0.1) is 11.3 Å². The fraction of sp³-hybridized carbons (Fsp3) is 0.0645. The molecule has 6 nitrogen and oxygen atoms in total. The van der Waals surface area contributed by atoms with E-state index in [0.29, 0.717) is 12.2 Å². The maximum absolute atomic E-state index is 12.7. The molecule has 5 aromatic rings. The highest BCUT2D eigenvalue weighted by atomic mass is 127. The Morgan fingerprint density at radius 1 is 1.00 bits per heavy atom. The number of nitrogens with zero attached hydrogens (tertiary/aromatic N) is 2. The topological polar surface area (TPSA) is 75.6 Å². The fourth-order valence-corrected chi connectivity index (χ4v) is 6.91. The number of nitrogens with one attached hydrogen (secondary N) is 2. The molecule has 0 saturated heterocycles. The van der Waals surface area contributed by atoms with E-state index < -0.39 is 0 Å². The van der Waals surface area contributed by atoms with Crippen LogP contribution in [-0.4, -0.2) is 17.1 Å². The number of amides is 1. The number of ether oxygens (including phenoxy) is 1. The molecule has 1 amide bonds. The summed E-state index contributed by atoms with van der Waals surface area (Å²) in [5, 5.41) is 10.3. The van der Waals surface area contributed by atoms with Crippen molar-refractivity contribution in [2.45, 2.75) is 13.5 Å². The summed E-state index contributed by atoms with van der Waals surface area (Å²) < 4.78 is 9.04. The number of anilines is 2. The number of hydrazone groups is 1. The van der Waals surface area contributed by atoms with Gasteiger partial charge in [0.15, 0.2) is 5.13 Å². The fourth-order valence-electron chi connectivity index (χ4n) is 3.77. The smallest absolute Gasteiger partial charge is 0.271 e. The number of hydrogen-bond donors (Lipinski definition) is 2. The van der Waals surface area contributed by atoms with Crippen LogP contribution in [0.25, 0.3) is 11.3 Å². The highest BCUT2D eigenvalue weighted by Crippen LogP contribution is 2.30. The molecular weight excluding hydrogens is 826 g/mol. The van der Waals surface area contributed by atoms with Gasteiger partial charge >= 0.3 is 0 Å². The molecule has 10 heteroatoms. The van der Waals surface area contributed by atoms with Crippen molar-refractivity contribution in [3.05, 3.63) is 124 Å². The minimum Gasteiger partial charge on any atom is -0.487 e. The van der Waals surface area contributed by atoms with Gasteiger partial charge in [-0.05, 0) is 112 Å². The standard InChI is InChI=1S/C31H23BrI2N4O2S/c1-19-2-12-25(13-3-19)36-31-37-28(18-41-31)22-6-8-23(9-7-22)30(39)38-35-16-21-14-26(33)29(27(34)15-21)40-17-20-4-10-24(32)11-5-20/h2-16,18H,17H2,1H3,(H,36,37)(H,38,39)/b35-16-. The molecule has 2 N–H and O–H groups in total. The Morgan fingerprint density at radius 3 is 2.37 bits per heavy atom. The van der Waals surface area contributed by atoms with Crippen LogP contribution in [0.2, 0.25) is 0 Å². The Kier molecular flexibility index (Phi) is 10.1. The van der Waals surface area contributed by atoms with Gasteiger partial charge in [0.1, 0.15) is 12.4 Å². The minimum atomic E-state index is -0.286. The number of rotatable bonds is 9. The van der Waals surface area contributed by atoms with Crippen LogP contribution in [0, 0.1) is 14.1 Å². The summed E-state index contributed by atoms with van der Waals surface area (Å²) in [4.78, 5) is 17.3. The van der Waals surface area contributed by atoms with Gasteiger partial charge in [0, 0.05) is 26.7 Å². The molecule has 0 atom stereocenters. The number of halogens is 3. The van der Waals surface area contributed by atoms with Crippen molar-refractivity contribution in [3.8, 4) is 17.0 Å². The van der Waals surface area contributed by atoms with Crippen molar-refractivity contribution >= 4 is 95.4 Å². The lowest BCUT2D eigenvalue weighted by atomic mass is 10.1. The third-order valence-corrected chi connectivity index (χ3v) is 8.84. The Balaban J connectivity index is 1.16. The first-order chi connectivity index (χ1) is 19.8. The number of aryl methyl sites for hydroxylation is 1. The summed E-state index contributed by atoms with van der Waals surface area (Å²) in [6, 6.07) is 27.5. The average molecular weight is 849 g/mol. The molecule has 0 spiro atoms. The lowest BCUT2D eigenvalue weighted by molar-refractivity contribution is 0.0955. The van der Waals surface area contributed by atoms with E-state index in [0.717, 1.165) is 50.6 Å². The molecule has 1 aromatic heterocycles. The van der Waals surface area contributed by atoms with Crippen molar-refractivity contribution in [1.82, 2.24) is 10.4 Å². The largest absolute Gasteiger partial charge is 0.487 e. The third kappa shape index (κ3) is 8.15. The summed E-state index contributed by atoms with van der Waals surface area (Å²) in [7, 11) is 0. The van der Waals surface area contributed by atoms with Gasteiger partial charge in [0.2, 0.25) is 0 Å². The van der Waals surface area contributed by atoms with E-state index >= 15 is 0 Å². The number of thiazole rings is 1. The van der Waals surface area contributed by atoms with Gasteiger partial charge in [0.05, 0.1) is 19.0 Å². The van der Waals surface area contributed by atoms with E-state index in [-0.39, 0.29) is 5.91 Å². The molecule has 0 unspecified atom stereocenters. The summed E-state index contributed by atoms with van der Waals surface area (Å²) in [6.07, 6.45) is 1.63. The zero-order valence-corrected chi connectivity index (χ0v) is 28.4. The van der Waals surface area contributed by atoms with Gasteiger partial charge in [-0.25, -0.2) is 10.4 Å². The predicted octanol–water partition coefficient (Wildman–Crippen LogP) is 9.18. The molecule has 1 heterocycles. The van der Waals surface area contributed by atoms with Gasteiger partial charge < -0.3 is 10.1 Å². The molecule has 0 bridgehead atoms. The van der Waals surface area contributed by atoms with Crippen LogP contribution < -0.4 is 15.5 Å². The molecule has 0 saturated carbocycles. The van der Waals surface area contributed by atoms with E-state index in [1.54, 1.807) is 18.3 Å². The molecule has 4 aromatic carbocycles. The molecule has 0 aliphatic carbocycles. The number of hydrogen-bond acceptors (Lipinski definition) is 6. The second-order valence-electron chi connectivity index (χ2n) is 9.03. The van der Waals surface area contributed by atoms with Crippen LogP contribution in [0.5, 0.6) is 5.75 Å². The highest BCUT2D eigenvalue weighted by Gasteiger charge is 2.10. The molecular formula is C31H23BrI2N4O2S. The third-order valence-electron chi connectivity index (χ3n) is 5.95. The molecule has 0 aliphatic rings. The number of carbonyl (C=O) groups is 1. The molecule has 206 valence electrons. The van der Waals surface area contributed by atoms with E-state index in [9.17, 15) is 4.79 Å². The van der Waals surface area contributed by atoms with Crippen LogP contribution in [-0.2, 0) is 6.61 Å². The second kappa shape index (κ2) is 13.9. The van der Waals surface area contributed by atoms with Crippen molar-refractivity contribution in [2.24, 2.45) is 5.10 Å². The van der Waals surface area contributed by atoms with Crippen LogP contribution in [0.4, 0.5) is 10.8 Å². The quantitative estimate of drug-likeness (QED) is 0.0882. The van der Waals surface area contributed by atoms with Crippen LogP contribution >= 0.6 is 72.4 Å². The lowest BCUT2D eigenvalue weighted by Crippen LogP contribution is -2.17. The van der Waals surface area contributed by atoms with Crippen LogP contribution in [0.15, 0.2) is 99.9 Å². The summed E-state index contributed by atoms with van der Waals surface area (Å²) >= 11 is 9.50. The average Bonchev–Trinajstić information content (AvgIpc) is 3.43. The normalized spacial score (nSPS) is 11.0. The Labute approximate surface area is 278 Å². The van der Waals surface area contributed by atoms with Crippen molar-refractivity contribution in [2.75, 3.05) is 5.32 Å². The first-order valence-corrected chi connectivity index (χ1v) is 16.3. The summed E-state index contributed by atoms with van der Waals surface area (Å²) in [5.41, 5.74) is 9.07. The first-order valence-electron chi connectivity index (χ1n) is 12.4. The van der Waals surface area contributed by atoms with Crippen molar-refractivity contribution in [3.63, 3.8) is 0 Å². The summed E-state index contributed by atoms with van der Waals surface area (Å²) in [6.45, 7) is 2.54. The van der Waals surface area contributed by atoms with Gasteiger partial charge in [-0.2, -0.15) is 5.10 Å². The molecule has 0 fully saturated rings. The van der Waals surface area contributed by atoms with Crippen LogP contribution in [0.3, 0.4) is 0 Å². The van der Waals surface area contributed by atoms with Crippen molar-refractivity contribution < 1.29 is 9.53 Å². The number of carbonyl (C=O) groups excluding carboxylic acids is 1. The van der Waals surface area contributed by atoms with E-state index in [2.05, 4.69) is 101 Å². The zero-order chi connectivity index (χ0) is 28.8. The lowest BCUT2D eigenvalue weighted by Gasteiger charge is -2.11. The molecule has 5 rings (SSSR count). The maximum Gasteiger partial charge on any atom is 0.271 e. The van der Waals surface area contributed by atoms with Crippen molar-refractivity contribution in [1.29, 1.82) is 0 Å².